The van der Waals surface area contributed by atoms with Crippen molar-refractivity contribution in [1.82, 2.24) is 9.97 Å². The predicted octanol–water partition coefficient (Wildman–Crippen LogP) is 1.79. The Morgan fingerprint density at radius 2 is 1.96 bits per heavy atom. The number of hydrogen-bond donors (Lipinski definition) is 4. The van der Waals surface area contributed by atoms with Crippen molar-refractivity contribution >= 4 is 45.1 Å². The number of carbonyl (C=O) groups excluding carboxylic acids is 2. The van der Waals surface area contributed by atoms with E-state index in [0.717, 1.165) is 4.47 Å². The number of rotatable bonds is 0. The molecule has 1 amide bonds. The number of fused-ring (bicyclic) bond motifs is 5. The zero-order chi connectivity index (χ0) is 18.9. The number of anilines is 3. The van der Waals surface area contributed by atoms with Gasteiger partial charge in [-0.3, -0.25) is 19.4 Å². The number of nitrogen functional groups attached to an aromatic ring is 1. The molecule has 2 aromatic rings. The lowest BCUT2D eigenvalue weighted by Gasteiger charge is -2.38. The van der Waals surface area contributed by atoms with Gasteiger partial charge in [0.25, 0.3) is 5.56 Å². The van der Waals surface area contributed by atoms with Gasteiger partial charge >= 0.3 is 0 Å². The first-order chi connectivity index (χ1) is 12.9. The van der Waals surface area contributed by atoms with Gasteiger partial charge in [0.05, 0.1) is 5.56 Å². The van der Waals surface area contributed by atoms with Crippen LogP contribution >= 0.6 is 15.9 Å². The molecule has 1 unspecified atom stereocenters. The van der Waals surface area contributed by atoms with Crippen LogP contribution in [-0.2, 0) is 15.0 Å². The number of benzene rings is 1. The first-order valence-electron chi connectivity index (χ1n) is 8.48. The van der Waals surface area contributed by atoms with Crippen LogP contribution in [-0.4, -0.2) is 21.7 Å². The van der Waals surface area contributed by atoms with Gasteiger partial charge in [-0.15, -0.1) is 0 Å². The molecule has 136 valence electrons. The molecule has 9 heteroatoms. The van der Waals surface area contributed by atoms with E-state index in [-0.39, 0.29) is 23.1 Å². The number of carbonyl (C=O) groups is 2. The maximum absolute atomic E-state index is 13.4. The SMILES string of the molecule is Nc1nc2c(c(=O)[nH]1)C1(C(=O)Nc3ccc(Br)cc31)C1=C(CCCC1=O)N2. The molecule has 27 heavy (non-hydrogen) atoms. The Morgan fingerprint density at radius 1 is 1.15 bits per heavy atom. The van der Waals surface area contributed by atoms with Crippen LogP contribution in [0.5, 0.6) is 0 Å². The number of ketones is 1. The van der Waals surface area contributed by atoms with Crippen LogP contribution in [0.25, 0.3) is 0 Å². The van der Waals surface area contributed by atoms with Crippen LogP contribution < -0.4 is 21.9 Å². The highest BCUT2D eigenvalue weighted by Crippen LogP contribution is 2.53. The van der Waals surface area contributed by atoms with Crippen LogP contribution in [0.3, 0.4) is 0 Å². The average Bonchev–Trinajstić information content (AvgIpc) is 2.87. The van der Waals surface area contributed by atoms with E-state index in [1.165, 1.54) is 0 Å². The predicted molar refractivity (Wildman–Crippen MR) is 102 cm³/mol. The fourth-order valence-electron chi connectivity index (χ4n) is 4.37. The van der Waals surface area contributed by atoms with E-state index in [1.807, 2.05) is 0 Å². The minimum Gasteiger partial charge on any atom is -0.369 e. The van der Waals surface area contributed by atoms with Crippen molar-refractivity contribution < 1.29 is 9.59 Å². The van der Waals surface area contributed by atoms with Crippen molar-refractivity contribution in [2.24, 2.45) is 0 Å². The van der Waals surface area contributed by atoms with E-state index >= 15 is 0 Å². The third kappa shape index (κ3) is 1.97. The first-order valence-corrected chi connectivity index (χ1v) is 9.28. The summed E-state index contributed by atoms with van der Waals surface area (Å²) < 4.78 is 0.738. The number of nitrogens with zero attached hydrogens (tertiary/aromatic N) is 1. The van der Waals surface area contributed by atoms with Gasteiger partial charge in [-0.1, -0.05) is 15.9 Å². The van der Waals surface area contributed by atoms with Gasteiger partial charge in [0, 0.05) is 33.4 Å². The average molecular weight is 428 g/mol. The molecule has 0 fully saturated rings. The van der Waals surface area contributed by atoms with Crippen LogP contribution in [0.2, 0.25) is 0 Å². The van der Waals surface area contributed by atoms with Crippen molar-refractivity contribution in [2.75, 3.05) is 16.4 Å². The Labute approximate surface area is 161 Å². The van der Waals surface area contributed by atoms with Gasteiger partial charge in [0.2, 0.25) is 11.9 Å². The van der Waals surface area contributed by atoms with Crippen LogP contribution in [0.1, 0.15) is 30.4 Å². The number of amides is 1. The summed E-state index contributed by atoms with van der Waals surface area (Å²) in [6.07, 6.45) is 1.59. The summed E-state index contributed by atoms with van der Waals surface area (Å²) in [5, 5.41) is 5.92. The number of Topliss-reactive ketones (excluding diaryl/α,β-unsaturated/α-hetero) is 1. The highest BCUT2D eigenvalue weighted by Gasteiger charge is 2.59. The Hall–Kier alpha value is -2.94. The van der Waals surface area contributed by atoms with Gasteiger partial charge in [-0.25, -0.2) is 0 Å². The molecular weight excluding hydrogens is 414 g/mol. The third-order valence-corrected chi connectivity index (χ3v) is 5.84. The third-order valence-electron chi connectivity index (χ3n) is 5.34. The number of allylic oxidation sites excluding steroid dienone is 1. The van der Waals surface area contributed by atoms with Gasteiger partial charge in [-0.2, -0.15) is 4.98 Å². The molecule has 0 radical (unpaired) electrons. The fourth-order valence-corrected chi connectivity index (χ4v) is 4.73. The van der Waals surface area contributed by atoms with E-state index in [2.05, 4.69) is 36.5 Å². The van der Waals surface area contributed by atoms with Crippen molar-refractivity contribution in [3.8, 4) is 0 Å². The zero-order valence-corrected chi connectivity index (χ0v) is 15.6. The largest absolute Gasteiger partial charge is 0.369 e. The summed E-state index contributed by atoms with van der Waals surface area (Å²) in [6.45, 7) is 0. The Kier molecular flexibility index (Phi) is 3.18. The Bertz CT molecular complexity index is 1150. The molecular formula is C18H14BrN5O3. The number of nitrogens with two attached hydrogens (primary N) is 1. The molecule has 0 saturated carbocycles. The number of nitrogens with one attached hydrogen (secondary N) is 3. The fraction of sp³-hybridized carbons (Fsp3) is 0.222. The molecule has 1 spiro atoms. The van der Waals surface area contributed by atoms with Gasteiger partial charge in [0.15, 0.2) is 5.78 Å². The second-order valence-corrected chi connectivity index (χ2v) is 7.74. The van der Waals surface area contributed by atoms with Crippen molar-refractivity contribution in [3.63, 3.8) is 0 Å². The van der Waals surface area contributed by atoms with E-state index < -0.39 is 16.9 Å². The second kappa shape index (κ2) is 5.29. The van der Waals surface area contributed by atoms with E-state index in [9.17, 15) is 14.4 Å². The standard InChI is InChI=1S/C18H14BrN5O3/c19-7-4-5-9-8(6-7)18(16(27)22-9)12-10(2-1-3-11(12)25)21-14-13(18)15(26)24-17(20)23-14/h4-6H,1-3H2,(H,22,27)(H4,20,21,23,24,26). The van der Waals surface area contributed by atoms with Crippen LogP contribution in [0.4, 0.5) is 17.5 Å². The minimum atomic E-state index is -1.54. The smallest absolute Gasteiger partial charge is 0.259 e. The van der Waals surface area contributed by atoms with E-state index in [0.29, 0.717) is 41.8 Å². The Morgan fingerprint density at radius 3 is 2.78 bits per heavy atom. The summed E-state index contributed by atoms with van der Waals surface area (Å²) in [5.74, 6) is -0.417. The molecule has 5 rings (SSSR count). The molecule has 8 nitrogen and oxygen atoms in total. The molecule has 2 aliphatic heterocycles. The Balaban J connectivity index is 1.97. The quantitative estimate of drug-likeness (QED) is 0.506. The summed E-state index contributed by atoms with van der Waals surface area (Å²) in [4.78, 5) is 45.9. The number of aromatic amines is 1. The maximum Gasteiger partial charge on any atom is 0.259 e. The second-order valence-electron chi connectivity index (χ2n) is 6.82. The maximum atomic E-state index is 13.4. The highest BCUT2D eigenvalue weighted by molar-refractivity contribution is 9.10. The summed E-state index contributed by atoms with van der Waals surface area (Å²) in [6, 6.07) is 5.31. The normalized spacial score (nSPS) is 22.9. The lowest BCUT2D eigenvalue weighted by atomic mass is 9.64. The summed E-state index contributed by atoms with van der Waals surface area (Å²) >= 11 is 3.43. The molecule has 1 aromatic heterocycles. The monoisotopic (exact) mass is 427 g/mol. The highest BCUT2D eigenvalue weighted by atomic mass is 79.9. The van der Waals surface area contributed by atoms with Crippen molar-refractivity contribution in [3.05, 3.63) is 55.4 Å². The number of halogens is 1. The topological polar surface area (TPSA) is 130 Å². The number of hydrogen-bond acceptors (Lipinski definition) is 6. The molecule has 0 saturated heterocycles. The van der Waals surface area contributed by atoms with Gasteiger partial charge in [-0.05, 0) is 31.0 Å². The number of aromatic nitrogens is 2. The van der Waals surface area contributed by atoms with Gasteiger partial charge in [0.1, 0.15) is 11.2 Å². The van der Waals surface area contributed by atoms with Crippen LogP contribution in [0, 0.1) is 0 Å². The zero-order valence-electron chi connectivity index (χ0n) is 14.0. The summed E-state index contributed by atoms with van der Waals surface area (Å²) in [7, 11) is 0. The molecule has 1 aromatic carbocycles. The lowest BCUT2D eigenvalue weighted by molar-refractivity contribution is -0.122. The van der Waals surface area contributed by atoms with Crippen molar-refractivity contribution in [1.29, 1.82) is 0 Å². The van der Waals surface area contributed by atoms with E-state index in [4.69, 9.17) is 5.73 Å². The molecule has 0 bridgehead atoms. The molecule has 3 heterocycles. The molecule has 1 atom stereocenters. The summed E-state index contributed by atoms with van der Waals surface area (Å²) in [5.41, 5.74) is 5.81. The van der Waals surface area contributed by atoms with Gasteiger partial charge < -0.3 is 16.4 Å². The van der Waals surface area contributed by atoms with Crippen molar-refractivity contribution in [2.45, 2.75) is 24.7 Å². The van der Waals surface area contributed by atoms with Crippen LogP contribution in [0.15, 0.2) is 38.7 Å². The molecule has 5 N–H and O–H groups in total. The minimum absolute atomic E-state index is 0.0551. The lowest BCUT2D eigenvalue weighted by Crippen LogP contribution is -2.49. The van der Waals surface area contributed by atoms with E-state index in [1.54, 1.807) is 18.2 Å². The first kappa shape index (κ1) is 16.2. The number of H-pyrrole nitrogens is 1. The molecule has 1 aliphatic carbocycles. The molecule has 3 aliphatic rings.